The van der Waals surface area contributed by atoms with Gasteiger partial charge in [0.05, 0.1) is 18.0 Å². The van der Waals surface area contributed by atoms with E-state index in [9.17, 15) is 19.2 Å². The first kappa shape index (κ1) is 27.4. The Hall–Kier alpha value is -5.14. The van der Waals surface area contributed by atoms with Crippen LogP contribution in [0.2, 0.25) is 0 Å². The van der Waals surface area contributed by atoms with E-state index in [1.54, 1.807) is 86.8 Å². The molecule has 4 aromatic rings. The first-order valence-corrected chi connectivity index (χ1v) is 11.3. The number of carbonyl (C=O) groups is 4. The second-order valence-corrected chi connectivity index (χ2v) is 8.29. The van der Waals surface area contributed by atoms with Crippen molar-refractivity contribution in [3.63, 3.8) is 0 Å². The molecule has 0 aliphatic carbocycles. The second kappa shape index (κ2) is 11.7. The number of ether oxygens (including phenoxy) is 1. The molecule has 3 N–H and O–H groups in total. The summed E-state index contributed by atoms with van der Waals surface area (Å²) in [5.41, 5.74) is 2.50. The molecule has 0 bridgehead atoms. The highest BCUT2D eigenvalue weighted by atomic mass is 16.5. The van der Waals surface area contributed by atoms with Crippen molar-refractivity contribution in [1.82, 2.24) is 28.6 Å². The summed E-state index contributed by atoms with van der Waals surface area (Å²) >= 11 is 0. The summed E-state index contributed by atoms with van der Waals surface area (Å²) < 4.78 is 8.11. The van der Waals surface area contributed by atoms with Gasteiger partial charge >= 0.3 is 24.0 Å². The maximum Gasteiger partial charge on any atom is 0.358 e. The molecule has 4 rings (SSSR count). The van der Waals surface area contributed by atoms with Gasteiger partial charge in [0.25, 0.3) is 0 Å². The number of hydrogen-bond acceptors (Lipinski definition) is 7. The second-order valence-electron chi connectivity index (χ2n) is 8.29. The Labute approximate surface area is 217 Å². The first-order chi connectivity index (χ1) is 18.0. The lowest BCUT2D eigenvalue weighted by atomic mass is 10.4. The number of carboxylic acids is 1. The van der Waals surface area contributed by atoms with E-state index < -0.39 is 11.9 Å². The Balaban J connectivity index is 0.000000212. The molecule has 0 saturated heterocycles. The molecule has 0 saturated carbocycles. The fourth-order valence-electron chi connectivity index (χ4n) is 3.01. The van der Waals surface area contributed by atoms with Gasteiger partial charge in [-0.15, -0.1) is 0 Å². The Bertz CT molecular complexity index is 1490. The van der Waals surface area contributed by atoms with Crippen LogP contribution in [0.15, 0.2) is 49.1 Å². The van der Waals surface area contributed by atoms with Crippen LogP contribution in [0.5, 0.6) is 0 Å². The molecular formula is C24H28N8O6. The van der Waals surface area contributed by atoms with Gasteiger partial charge in [0.2, 0.25) is 0 Å². The van der Waals surface area contributed by atoms with Crippen LogP contribution in [-0.4, -0.2) is 92.5 Å². The highest BCUT2D eigenvalue weighted by molar-refractivity contribution is 5.90. The summed E-state index contributed by atoms with van der Waals surface area (Å²) in [5, 5.41) is 14.2. The Morgan fingerprint density at radius 3 is 1.66 bits per heavy atom. The minimum Gasteiger partial charge on any atom is -0.476 e. The zero-order chi connectivity index (χ0) is 28.0. The summed E-state index contributed by atoms with van der Waals surface area (Å²) in [6.07, 6.45) is 6.25. The first-order valence-electron chi connectivity index (χ1n) is 11.3. The van der Waals surface area contributed by atoms with Crippen molar-refractivity contribution in [3.05, 3.63) is 60.4 Å². The van der Waals surface area contributed by atoms with E-state index >= 15 is 0 Å². The molecule has 0 aliphatic rings. The van der Waals surface area contributed by atoms with Crippen molar-refractivity contribution in [2.24, 2.45) is 0 Å². The van der Waals surface area contributed by atoms with Crippen molar-refractivity contribution < 1.29 is 29.0 Å². The minimum atomic E-state index is -1.09. The van der Waals surface area contributed by atoms with Gasteiger partial charge in [0, 0.05) is 53.0 Å². The van der Waals surface area contributed by atoms with Crippen molar-refractivity contribution in [1.29, 1.82) is 0 Å². The molecule has 4 aromatic heterocycles. The molecule has 0 unspecified atom stereocenters. The SMILES string of the molecule is CCOC(=O)c1cn2cc(NC(=O)N(C)C)ccc2n1.CN(C)C(=O)Nc1ccc2nc(C(=O)O)cn2c1. The number of hydrogen-bond donors (Lipinski definition) is 3. The summed E-state index contributed by atoms with van der Waals surface area (Å²) in [6.45, 7) is 2.04. The molecule has 0 spiro atoms. The van der Waals surface area contributed by atoms with Crippen LogP contribution in [-0.2, 0) is 4.74 Å². The molecule has 0 fully saturated rings. The molecular weight excluding hydrogens is 496 g/mol. The number of nitrogens with zero attached hydrogens (tertiary/aromatic N) is 6. The molecule has 4 heterocycles. The number of esters is 1. The number of fused-ring (bicyclic) bond motifs is 2. The van der Waals surface area contributed by atoms with E-state index in [1.165, 1.54) is 16.0 Å². The van der Waals surface area contributed by atoms with Crippen LogP contribution in [0.1, 0.15) is 27.9 Å². The van der Waals surface area contributed by atoms with Crippen LogP contribution in [0.3, 0.4) is 0 Å². The largest absolute Gasteiger partial charge is 0.476 e. The lowest BCUT2D eigenvalue weighted by molar-refractivity contribution is 0.0519. The summed E-state index contributed by atoms with van der Waals surface area (Å²) in [6, 6.07) is 6.25. The van der Waals surface area contributed by atoms with Gasteiger partial charge in [-0.25, -0.2) is 29.1 Å². The maximum absolute atomic E-state index is 11.6. The number of aromatic carboxylic acids is 1. The zero-order valence-corrected chi connectivity index (χ0v) is 21.5. The van der Waals surface area contributed by atoms with Crippen LogP contribution in [0, 0.1) is 0 Å². The third-order valence-electron chi connectivity index (χ3n) is 4.92. The van der Waals surface area contributed by atoms with E-state index in [-0.39, 0.29) is 23.5 Å². The van der Waals surface area contributed by atoms with Gasteiger partial charge in [-0.05, 0) is 31.2 Å². The normalized spacial score (nSPS) is 10.3. The van der Waals surface area contributed by atoms with Crippen molar-refractivity contribution in [3.8, 4) is 0 Å². The number of amides is 4. The number of nitrogens with one attached hydrogen (secondary N) is 2. The smallest absolute Gasteiger partial charge is 0.358 e. The third-order valence-corrected chi connectivity index (χ3v) is 4.92. The average Bonchev–Trinajstić information content (AvgIpc) is 3.48. The summed E-state index contributed by atoms with van der Waals surface area (Å²) in [7, 11) is 6.58. The number of urea groups is 2. The lowest BCUT2D eigenvalue weighted by Gasteiger charge is -2.11. The Morgan fingerprint density at radius 2 is 1.24 bits per heavy atom. The standard InChI is InChI=1S/C13H16N4O3.C11H12N4O3/c1-4-20-12(18)10-8-17-7-9(5-6-11(17)15-10)14-13(19)16(2)3;1-14(2)11(18)12-7-3-4-9-13-8(10(16)17)6-15(9)5-7/h5-8H,4H2,1-3H3,(H,14,19);3-6H,1-2H3,(H,12,18)(H,16,17). The van der Waals surface area contributed by atoms with Gasteiger partial charge < -0.3 is 39.1 Å². The van der Waals surface area contributed by atoms with Gasteiger partial charge in [0.1, 0.15) is 11.3 Å². The van der Waals surface area contributed by atoms with Gasteiger partial charge in [-0.2, -0.15) is 0 Å². The molecule has 0 atom stereocenters. The fraction of sp³-hybridized carbons (Fsp3) is 0.250. The van der Waals surface area contributed by atoms with Crippen LogP contribution in [0.4, 0.5) is 21.0 Å². The number of aromatic nitrogens is 4. The van der Waals surface area contributed by atoms with E-state index in [0.29, 0.717) is 29.3 Å². The van der Waals surface area contributed by atoms with Crippen LogP contribution < -0.4 is 10.6 Å². The van der Waals surface area contributed by atoms with Gasteiger partial charge in [-0.3, -0.25) is 0 Å². The predicted octanol–water partition coefficient (Wildman–Crippen LogP) is 2.73. The average molecular weight is 525 g/mol. The Kier molecular flexibility index (Phi) is 8.47. The predicted molar refractivity (Wildman–Crippen MR) is 139 cm³/mol. The maximum atomic E-state index is 11.6. The van der Waals surface area contributed by atoms with Crippen molar-refractivity contribution in [2.45, 2.75) is 6.92 Å². The number of imidazole rings is 2. The topological polar surface area (TPSA) is 163 Å². The van der Waals surface area contributed by atoms with Crippen molar-refractivity contribution >= 4 is 46.7 Å². The molecule has 0 radical (unpaired) electrons. The Morgan fingerprint density at radius 1 is 0.789 bits per heavy atom. The monoisotopic (exact) mass is 524 g/mol. The van der Waals surface area contributed by atoms with E-state index in [0.717, 1.165) is 0 Å². The molecule has 38 heavy (non-hydrogen) atoms. The molecule has 4 amide bonds. The number of rotatable bonds is 5. The van der Waals surface area contributed by atoms with E-state index in [2.05, 4.69) is 20.6 Å². The zero-order valence-electron chi connectivity index (χ0n) is 21.5. The highest BCUT2D eigenvalue weighted by Gasteiger charge is 2.13. The molecule has 0 aromatic carbocycles. The molecule has 200 valence electrons. The molecule has 14 nitrogen and oxygen atoms in total. The van der Waals surface area contributed by atoms with Crippen molar-refractivity contribution in [2.75, 3.05) is 45.4 Å². The lowest BCUT2D eigenvalue weighted by Crippen LogP contribution is -2.27. The highest BCUT2D eigenvalue weighted by Crippen LogP contribution is 2.14. The van der Waals surface area contributed by atoms with E-state index in [4.69, 9.17) is 9.84 Å². The van der Waals surface area contributed by atoms with Gasteiger partial charge in [0.15, 0.2) is 11.4 Å². The van der Waals surface area contributed by atoms with Crippen LogP contribution in [0.25, 0.3) is 11.3 Å². The quantitative estimate of drug-likeness (QED) is 0.336. The number of anilines is 2. The summed E-state index contributed by atoms with van der Waals surface area (Å²) in [5.74, 6) is -1.55. The molecule has 14 heteroatoms. The third kappa shape index (κ3) is 6.75. The number of carbonyl (C=O) groups excluding carboxylic acids is 3. The van der Waals surface area contributed by atoms with Crippen LogP contribution >= 0.6 is 0 Å². The fourth-order valence-corrected chi connectivity index (χ4v) is 3.01. The number of carboxylic acid groups (broad SMARTS) is 1. The van der Waals surface area contributed by atoms with E-state index in [1.807, 2.05) is 0 Å². The number of pyridine rings is 2. The van der Waals surface area contributed by atoms with Gasteiger partial charge in [-0.1, -0.05) is 0 Å². The molecule has 0 aliphatic heterocycles. The minimum absolute atomic E-state index is 0.0360. The summed E-state index contributed by atoms with van der Waals surface area (Å²) in [4.78, 5) is 56.3.